The highest BCUT2D eigenvalue weighted by molar-refractivity contribution is 5.76. The summed E-state index contributed by atoms with van der Waals surface area (Å²) in [6.45, 7) is 4.16. The third-order valence-electron chi connectivity index (χ3n) is 2.82. The molecule has 0 fully saturated rings. The summed E-state index contributed by atoms with van der Waals surface area (Å²) in [5.74, 6) is 1.53. The van der Waals surface area contributed by atoms with Gasteiger partial charge in [-0.25, -0.2) is 0 Å². The van der Waals surface area contributed by atoms with Gasteiger partial charge in [-0.1, -0.05) is 5.16 Å². The molecule has 5 heteroatoms. The zero-order valence-electron chi connectivity index (χ0n) is 10.5. The number of furan rings is 1. The molecule has 18 heavy (non-hydrogen) atoms. The summed E-state index contributed by atoms with van der Waals surface area (Å²) in [6, 6.07) is 3.62. The lowest BCUT2D eigenvalue weighted by Crippen LogP contribution is -2.22. The number of carbonyl (C=O) groups excluding carboxylic acids is 1. The van der Waals surface area contributed by atoms with Crippen molar-refractivity contribution in [2.75, 3.05) is 0 Å². The van der Waals surface area contributed by atoms with E-state index in [2.05, 4.69) is 10.5 Å². The van der Waals surface area contributed by atoms with Crippen LogP contribution in [0.25, 0.3) is 0 Å². The Morgan fingerprint density at radius 1 is 1.44 bits per heavy atom. The van der Waals surface area contributed by atoms with E-state index in [0.29, 0.717) is 19.4 Å². The van der Waals surface area contributed by atoms with Gasteiger partial charge in [0.15, 0.2) is 0 Å². The van der Waals surface area contributed by atoms with Gasteiger partial charge >= 0.3 is 0 Å². The van der Waals surface area contributed by atoms with E-state index >= 15 is 0 Å². The highest BCUT2D eigenvalue weighted by Crippen LogP contribution is 2.14. The van der Waals surface area contributed by atoms with Crippen LogP contribution in [0.1, 0.15) is 29.2 Å². The van der Waals surface area contributed by atoms with E-state index in [1.54, 1.807) is 12.3 Å². The van der Waals surface area contributed by atoms with Gasteiger partial charge in [0.2, 0.25) is 5.91 Å². The first kappa shape index (κ1) is 12.4. The minimum atomic E-state index is -0.00796. The molecule has 0 aliphatic carbocycles. The normalized spacial score (nSPS) is 10.6. The van der Waals surface area contributed by atoms with E-state index in [4.69, 9.17) is 8.94 Å². The van der Waals surface area contributed by atoms with Crippen LogP contribution in [0.5, 0.6) is 0 Å². The third-order valence-corrected chi connectivity index (χ3v) is 2.82. The predicted octanol–water partition coefficient (Wildman–Crippen LogP) is 2.13. The molecule has 2 aromatic rings. The second-order valence-corrected chi connectivity index (χ2v) is 4.16. The van der Waals surface area contributed by atoms with Crippen molar-refractivity contribution in [2.24, 2.45) is 0 Å². The van der Waals surface area contributed by atoms with E-state index in [0.717, 1.165) is 22.8 Å². The summed E-state index contributed by atoms with van der Waals surface area (Å²) in [6.07, 6.45) is 2.65. The number of carbonyl (C=O) groups is 1. The zero-order chi connectivity index (χ0) is 13.0. The first-order chi connectivity index (χ1) is 8.66. The molecule has 0 aliphatic rings. The molecule has 2 heterocycles. The topological polar surface area (TPSA) is 68.3 Å². The van der Waals surface area contributed by atoms with E-state index in [-0.39, 0.29) is 5.91 Å². The molecule has 0 saturated carbocycles. The van der Waals surface area contributed by atoms with Gasteiger partial charge in [0, 0.05) is 12.0 Å². The third kappa shape index (κ3) is 3.00. The summed E-state index contributed by atoms with van der Waals surface area (Å²) in [7, 11) is 0. The molecule has 1 amide bonds. The standard InChI is InChI=1S/C13H16N2O3/c1-9-12(10(2)18-15-9)5-6-13(16)14-8-11-4-3-7-17-11/h3-4,7H,5-6,8H2,1-2H3,(H,14,16). The Morgan fingerprint density at radius 2 is 2.28 bits per heavy atom. The molecule has 0 radical (unpaired) electrons. The van der Waals surface area contributed by atoms with E-state index < -0.39 is 0 Å². The van der Waals surface area contributed by atoms with Crippen molar-refractivity contribution in [1.82, 2.24) is 10.5 Å². The van der Waals surface area contributed by atoms with E-state index in [1.165, 1.54) is 0 Å². The van der Waals surface area contributed by atoms with Crippen molar-refractivity contribution in [3.05, 3.63) is 41.2 Å². The Morgan fingerprint density at radius 3 is 2.89 bits per heavy atom. The first-order valence-electron chi connectivity index (χ1n) is 5.87. The number of aryl methyl sites for hydroxylation is 2. The summed E-state index contributed by atoms with van der Waals surface area (Å²) < 4.78 is 10.2. The Bertz CT molecular complexity index is 495. The summed E-state index contributed by atoms with van der Waals surface area (Å²) in [5, 5.41) is 6.66. The van der Waals surface area contributed by atoms with Crippen LogP contribution >= 0.6 is 0 Å². The molecule has 0 saturated heterocycles. The first-order valence-corrected chi connectivity index (χ1v) is 5.87. The average molecular weight is 248 g/mol. The van der Waals surface area contributed by atoms with Crippen LogP contribution in [0.3, 0.4) is 0 Å². The van der Waals surface area contributed by atoms with Crippen molar-refractivity contribution >= 4 is 5.91 Å². The van der Waals surface area contributed by atoms with Gasteiger partial charge in [0.25, 0.3) is 0 Å². The van der Waals surface area contributed by atoms with Gasteiger partial charge in [-0.2, -0.15) is 0 Å². The van der Waals surface area contributed by atoms with Crippen LogP contribution in [0, 0.1) is 13.8 Å². The average Bonchev–Trinajstić information content (AvgIpc) is 2.96. The molecule has 96 valence electrons. The molecule has 2 rings (SSSR count). The number of nitrogens with zero attached hydrogens (tertiary/aromatic N) is 1. The van der Waals surface area contributed by atoms with Crippen LogP contribution in [0.2, 0.25) is 0 Å². The number of amides is 1. The highest BCUT2D eigenvalue weighted by atomic mass is 16.5. The largest absolute Gasteiger partial charge is 0.467 e. The lowest BCUT2D eigenvalue weighted by Gasteiger charge is -2.03. The van der Waals surface area contributed by atoms with Gasteiger partial charge in [-0.15, -0.1) is 0 Å². The quantitative estimate of drug-likeness (QED) is 0.880. The molecular weight excluding hydrogens is 232 g/mol. The number of hydrogen-bond donors (Lipinski definition) is 1. The minimum absolute atomic E-state index is 0.00796. The maximum Gasteiger partial charge on any atom is 0.220 e. The molecule has 0 spiro atoms. The minimum Gasteiger partial charge on any atom is -0.467 e. The van der Waals surface area contributed by atoms with Crippen molar-refractivity contribution in [3.63, 3.8) is 0 Å². The molecule has 0 unspecified atom stereocenters. The fourth-order valence-electron chi connectivity index (χ4n) is 1.78. The van der Waals surface area contributed by atoms with Gasteiger partial charge in [-0.05, 0) is 32.4 Å². The van der Waals surface area contributed by atoms with Gasteiger partial charge < -0.3 is 14.3 Å². The van der Waals surface area contributed by atoms with Crippen LogP contribution < -0.4 is 5.32 Å². The molecule has 1 N–H and O–H groups in total. The molecule has 0 atom stereocenters. The Labute approximate surface area is 105 Å². The van der Waals surface area contributed by atoms with Crippen molar-refractivity contribution in [2.45, 2.75) is 33.2 Å². The van der Waals surface area contributed by atoms with Gasteiger partial charge in [0.1, 0.15) is 11.5 Å². The molecule has 0 aromatic carbocycles. The number of hydrogen-bond acceptors (Lipinski definition) is 4. The SMILES string of the molecule is Cc1noc(C)c1CCC(=O)NCc1ccco1. The maximum absolute atomic E-state index is 11.7. The monoisotopic (exact) mass is 248 g/mol. The van der Waals surface area contributed by atoms with E-state index in [1.807, 2.05) is 19.9 Å². The highest BCUT2D eigenvalue weighted by Gasteiger charge is 2.11. The van der Waals surface area contributed by atoms with Crippen LogP contribution in [-0.4, -0.2) is 11.1 Å². The molecular formula is C13H16N2O3. The molecule has 5 nitrogen and oxygen atoms in total. The maximum atomic E-state index is 11.7. The Kier molecular flexibility index (Phi) is 3.82. The summed E-state index contributed by atoms with van der Waals surface area (Å²) >= 11 is 0. The van der Waals surface area contributed by atoms with Gasteiger partial charge in [0.05, 0.1) is 18.5 Å². The van der Waals surface area contributed by atoms with Crippen molar-refractivity contribution in [1.29, 1.82) is 0 Å². The predicted molar refractivity (Wildman–Crippen MR) is 64.9 cm³/mol. The number of aromatic nitrogens is 1. The van der Waals surface area contributed by atoms with Crippen LogP contribution in [0.15, 0.2) is 27.3 Å². The van der Waals surface area contributed by atoms with Gasteiger partial charge in [-0.3, -0.25) is 4.79 Å². The molecule has 0 bridgehead atoms. The fourth-order valence-corrected chi connectivity index (χ4v) is 1.78. The van der Waals surface area contributed by atoms with Crippen molar-refractivity contribution < 1.29 is 13.7 Å². The van der Waals surface area contributed by atoms with Crippen LogP contribution in [0.4, 0.5) is 0 Å². The second kappa shape index (κ2) is 5.53. The molecule has 0 aliphatic heterocycles. The number of rotatable bonds is 5. The smallest absolute Gasteiger partial charge is 0.220 e. The lowest BCUT2D eigenvalue weighted by molar-refractivity contribution is -0.121. The summed E-state index contributed by atoms with van der Waals surface area (Å²) in [4.78, 5) is 11.7. The Balaban J connectivity index is 1.78. The van der Waals surface area contributed by atoms with Crippen molar-refractivity contribution in [3.8, 4) is 0 Å². The number of nitrogens with one attached hydrogen (secondary N) is 1. The lowest BCUT2D eigenvalue weighted by atomic mass is 10.1. The van der Waals surface area contributed by atoms with Crippen LogP contribution in [-0.2, 0) is 17.8 Å². The second-order valence-electron chi connectivity index (χ2n) is 4.16. The Hall–Kier alpha value is -2.04. The summed E-state index contributed by atoms with van der Waals surface area (Å²) in [5.41, 5.74) is 1.87. The zero-order valence-corrected chi connectivity index (χ0v) is 10.5. The molecule has 2 aromatic heterocycles. The fraction of sp³-hybridized carbons (Fsp3) is 0.385. The van der Waals surface area contributed by atoms with E-state index in [9.17, 15) is 4.79 Å².